The number of nitrogens with one attached hydrogen (secondary N) is 2. The molecule has 0 saturated carbocycles. The third kappa shape index (κ3) is 4.57. The molecular weight excluding hydrogens is 300 g/mol. The molecule has 1 atom stereocenters. The van der Waals surface area contributed by atoms with Crippen molar-refractivity contribution in [1.82, 2.24) is 20.2 Å². The van der Waals surface area contributed by atoms with Crippen LogP contribution in [0.25, 0.3) is 11.0 Å². The zero-order chi connectivity index (χ0) is 16.8. The summed E-state index contributed by atoms with van der Waals surface area (Å²) in [6, 6.07) is 7.84. The van der Waals surface area contributed by atoms with Crippen molar-refractivity contribution < 1.29 is 4.79 Å². The van der Waals surface area contributed by atoms with E-state index < -0.39 is 0 Å². The number of aromatic amines is 1. The highest BCUT2D eigenvalue weighted by Crippen LogP contribution is 2.16. The van der Waals surface area contributed by atoms with Crippen molar-refractivity contribution in [2.24, 2.45) is 0 Å². The highest BCUT2D eigenvalue weighted by atomic mass is 16.1. The molecule has 0 radical (unpaired) electrons. The molecule has 1 aliphatic heterocycles. The summed E-state index contributed by atoms with van der Waals surface area (Å²) < 4.78 is 0. The van der Waals surface area contributed by atoms with E-state index >= 15 is 0 Å². The van der Waals surface area contributed by atoms with E-state index in [1.54, 1.807) is 0 Å². The van der Waals surface area contributed by atoms with E-state index in [2.05, 4.69) is 20.2 Å². The van der Waals surface area contributed by atoms with Gasteiger partial charge < -0.3 is 15.2 Å². The number of fused-ring (bicyclic) bond motifs is 1. The van der Waals surface area contributed by atoms with Gasteiger partial charge in [-0.2, -0.15) is 0 Å². The number of carbonyl (C=O) groups is 1. The van der Waals surface area contributed by atoms with E-state index in [0.717, 1.165) is 36.5 Å². The number of hydrogen-bond donors (Lipinski definition) is 2. The van der Waals surface area contributed by atoms with Crippen LogP contribution in [0.2, 0.25) is 0 Å². The first-order valence-corrected chi connectivity index (χ1v) is 9.19. The Balaban J connectivity index is 1.48. The monoisotopic (exact) mass is 328 g/mol. The molecule has 2 heterocycles. The van der Waals surface area contributed by atoms with Crippen LogP contribution in [0.5, 0.6) is 0 Å². The molecule has 1 saturated heterocycles. The number of amides is 1. The van der Waals surface area contributed by atoms with Gasteiger partial charge in [0.15, 0.2) is 0 Å². The first-order valence-electron chi connectivity index (χ1n) is 9.19. The van der Waals surface area contributed by atoms with Crippen LogP contribution in [0.3, 0.4) is 0 Å². The SMILES string of the molecule is CC(NC(=O)CCN1CCCCCCC1)c1nc2ccccc2[nH]1. The molecule has 1 aromatic heterocycles. The molecule has 1 aromatic carbocycles. The topological polar surface area (TPSA) is 61.0 Å². The van der Waals surface area contributed by atoms with Crippen LogP contribution in [0.15, 0.2) is 24.3 Å². The number of hydrogen-bond acceptors (Lipinski definition) is 3. The second kappa shape index (κ2) is 8.29. The molecule has 2 aromatic rings. The van der Waals surface area contributed by atoms with Crippen LogP contribution in [0.4, 0.5) is 0 Å². The lowest BCUT2D eigenvalue weighted by Crippen LogP contribution is -2.34. The molecule has 1 fully saturated rings. The second-order valence-corrected chi connectivity index (χ2v) is 6.79. The van der Waals surface area contributed by atoms with E-state index in [1.807, 2.05) is 31.2 Å². The summed E-state index contributed by atoms with van der Waals surface area (Å²) in [6.45, 7) is 5.10. The molecule has 5 heteroatoms. The van der Waals surface area contributed by atoms with Gasteiger partial charge in [0.25, 0.3) is 0 Å². The summed E-state index contributed by atoms with van der Waals surface area (Å²) in [4.78, 5) is 22.5. The number of rotatable bonds is 5. The minimum absolute atomic E-state index is 0.0998. The summed E-state index contributed by atoms with van der Waals surface area (Å²) >= 11 is 0. The van der Waals surface area contributed by atoms with Crippen molar-refractivity contribution in [3.63, 3.8) is 0 Å². The van der Waals surface area contributed by atoms with E-state index in [-0.39, 0.29) is 11.9 Å². The molecule has 1 aliphatic rings. The van der Waals surface area contributed by atoms with Crippen molar-refractivity contribution in [3.05, 3.63) is 30.1 Å². The third-order valence-electron chi connectivity index (χ3n) is 4.80. The van der Waals surface area contributed by atoms with Crippen LogP contribution in [-0.2, 0) is 4.79 Å². The zero-order valence-electron chi connectivity index (χ0n) is 14.6. The fourth-order valence-corrected chi connectivity index (χ4v) is 3.36. The molecule has 1 amide bonds. The predicted octanol–water partition coefficient (Wildman–Crippen LogP) is 3.40. The number of para-hydroxylation sites is 2. The molecule has 0 aliphatic carbocycles. The lowest BCUT2D eigenvalue weighted by molar-refractivity contribution is -0.122. The fourth-order valence-electron chi connectivity index (χ4n) is 3.36. The van der Waals surface area contributed by atoms with E-state index in [0.29, 0.717) is 6.42 Å². The number of aromatic nitrogens is 2. The molecule has 5 nitrogen and oxygen atoms in total. The van der Waals surface area contributed by atoms with E-state index in [9.17, 15) is 4.79 Å². The Labute approximate surface area is 143 Å². The van der Waals surface area contributed by atoms with Crippen LogP contribution >= 0.6 is 0 Å². The van der Waals surface area contributed by atoms with Gasteiger partial charge in [0, 0.05) is 13.0 Å². The maximum absolute atomic E-state index is 12.3. The first kappa shape index (κ1) is 17.0. The molecule has 1 unspecified atom stereocenters. The minimum atomic E-state index is -0.0998. The van der Waals surface area contributed by atoms with Crippen molar-refractivity contribution in [1.29, 1.82) is 0 Å². The van der Waals surface area contributed by atoms with Crippen LogP contribution in [-0.4, -0.2) is 40.4 Å². The van der Waals surface area contributed by atoms with Crippen molar-refractivity contribution in [3.8, 4) is 0 Å². The highest BCUT2D eigenvalue weighted by molar-refractivity contribution is 5.77. The average molecular weight is 328 g/mol. The number of benzene rings is 1. The van der Waals surface area contributed by atoms with Gasteiger partial charge in [-0.1, -0.05) is 31.4 Å². The number of nitrogens with zero attached hydrogens (tertiary/aromatic N) is 2. The van der Waals surface area contributed by atoms with Gasteiger partial charge >= 0.3 is 0 Å². The van der Waals surface area contributed by atoms with Crippen LogP contribution < -0.4 is 5.32 Å². The fraction of sp³-hybridized carbons (Fsp3) is 0.579. The van der Waals surface area contributed by atoms with Crippen molar-refractivity contribution >= 4 is 16.9 Å². The van der Waals surface area contributed by atoms with E-state index in [4.69, 9.17) is 0 Å². The Bertz CT molecular complexity index is 625. The standard InChI is InChI=1S/C19H28N4O/c1-15(19-21-16-9-5-6-10-17(16)22-19)20-18(24)11-14-23-12-7-3-2-4-8-13-23/h5-6,9-10,15H,2-4,7-8,11-14H2,1H3,(H,20,24)(H,21,22). The Morgan fingerprint density at radius 1 is 1.21 bits per heavy atom. The number of H-pyrrole nitrogens is 1. The van der Waals surface area contributed by atoms with Gasteiger partial charge in [-0.15, -0.1) is 0 Å². The Kier molecular flexibility index (Phi) is 5.86. The number of carbonyl (C=O) groups excluding carboxylic acids is 1. The molecular formula is C19H28N4O. The highest BCUT2D eigenvalue weighted by Gasteiger charge is 2.15. The third-order valence-corrected chi connectivity index (χ3v) is 4.80. The summed E-state index contributed by atoms with van der Waals surface area (Å²) in [5.41, 5.74) is 1.95. The van der Waals surface area contributed by atoms with Gasteiger partial charge in [0.1, 0.15) is 5.82 Å². The van der Waals surface area contributed by atoms with Crippen LogP contribution in [0.1, 0.15) is 57.3 Å². The van der Waals surface area contributed by atoms with Crippen LogP contribution in [0, 0.1) is 0 Å². The molecule has 2 N–H and O–H groups in total. The van der Waals surface area contributed by atoms with Gasteiger partial charge in [0.2, 0.25) is 5.91 Å². The van der Waals surface area contributed by atoms with Gasteiger partial charge in [0.05, 0.1) is 17.1 Å². The largest absolute Gasteiger partial charge is 0.346 e. The summed E-state index contributed by atoms with van der Waals surface area (Å²) in [5, 5.41) is 3.07. The Morgan fingerprint density at radius 2 is 1.92 bits per heavy atom. The summed E-state index contributed by atoms with van der Waals surface area (Å²) in [7, 11) is 0. The lowest BCUT2D eigenvalue weighted by Gasteiger charge is -2.24. The quantitative estimate of drug-likeness (QED) is 0.884. The normalized spacial score (nSPS) is 18.0. The van der Waals surface area contributed by atoms with Gasteiger partial charge in [-0.25, -0.2) is 4.98 Å². The van der Waals surface area contributed by atoms with Gasteiger partial charge in [-0.3, -0.25) is 4.79 Å². The maximum atomic E-state index is 12.3. The Morgan fingerprint density at radius 3 is 2.67 bits per heavy atom. The molecule has 130 valence electrons. The number of likely N-dealkylation sites (tertiary alicyclic amines) is 1. The summed E-state index contributed by atoms with van der Waals surface area (Å²) in [6.07, 6.45) is 7.10. The molecule has 0 spiro atoms. The Hall–Kier alpha value is -1.88. The molecule has 24 heavy (non-hydrogen) atoms. The van der Waals surface area contributed by atoms with Crippen molar-refractivity contribution in [2.45, 2.75) is 51.5 Å². The smallest absolute Gasteiger partial charge is 0.221 e. The average Bonchev–Trinajstić information content (AvgIpc) is 2.98. The van der Waals surface area contributed by atoms with Gasteiger partial charge in [-0.05, 0) is 45.0 Å². The zero-order valence-corrected chi connectivity index (χ0v) is 14.6. The number of imidazole rings is 1. The predicted molar refractivity (Wildman–Crippen MR) is 96.8 cm³/mol. The van der Waals surface area contributed by atoms with E-state index in [1.165, 1.54) is 32.1 Å². The second-order valence-electron chi connectivity index (χ2n) is 6.79. The summed E-state index contributed by atoms with van der Waals surface area (Å²) in [5.74, 6) is 0.917. The molecule has 3 rings (SSSR count). The lowest BCUT2D eigenvalue weighted by atomic mass is 10.1. The first-order chi connectivity index (χ1) is 11.7. The minimum Gasteiger partial charge on any atom is -0.346 e. The van der Waals surface area contributed by atoms with Crippen molar-refractivity contribution in [2.75, 3.05) is 19.6 Å². The maximum Gasteiger partial charge on any atom is 0.221 e. The molecule has 0 bridgehead atoms.